The molecule has 0 aromatic carbocycles. The summed E-state index contributed by atoms with van der Waals surface area (Å²) in [6.07, 6.45) is 2.55. The zero-order valence-electron chi connectivity index (χ0n) is 59.8. The molecule has 26 heteroatoms. The van der Waals surface area contributed by atoms with Crippen LogP contribution in [0.2, 0.25) is 0 Å². The van der Waals surface area contributed by atoms with Crippen molar-refractivity contribution in [3.63, 3.8) is 0 Å². The Hall–Kier alpha value is -5.65. The predicted octanol–water partition coefficient (Wildman–Crippen LogP) is 5.53. The van der Waals surface area contributed by atoms with E-state index in [-0.39, 0.29) is 107 Å². The molecular weight excluding hydrogens is 1380 g/mol. The molecule has 0 saturated carbocycles. The Kier molecular flexibility index (Phi) is 45.7. The molecule has 0 aromatic heterocycles. The van der Waals surface area contributed by atoms with E-state index in [1.165, 1.54) is 89.9 Å². The molecule has 1 rings (SSSR count). The molecule has 1 saturated heterocycles. The van der Waals surface area contributed by atoms with Gasteiger partial charge < -0.3 is 82.4 Å². The number of methoxy groups -OCH3 is 1. The molecule has 1 heterocycles. The second kappa shape index (κ2) is 44.2. The van der Waals surface area contributed by atoms with Crippen molar-refractivity contribution >= 4 is 65.0 Å². The molecule has 0 aromatic rings. The van der Waals surface area contributed by atoms with Crippen molar-refractivity contribution in [1.82, 2.24) is 55.6 Å². The standard InChI is InChI=1S/C64H114N11O14.3CH4.CH3.W/c1-26-28-29-41(13)53(77)52-57(81)67-44(27-2)59(83)69(18)34-49(76)70(19)48(33-64(16,17)89-35-88-25)56(80)68-50(39(9)10)62(86)71(20)45(30-36(3)4)55(79)65-42(14)54(78)66-43(15)58(82)72(21)46(31-37(5)6)60(84)73(22)47(32-38(7)8)61(85)74(23)51(40(11)12)63(87)75(52)24;;;;;/h26,28,34,36-48,50-53,77H,27,29-33,35H2,1-25H3,(H,65,79)(H,66,78)(H,67,81)(H,68,80);3*1H4;1H3;/q-1;;;;-1;+2/b28-26+;;;;;/t41-,42+,43-,44+,45+,46+,47+,48+,50+,51+,52+,53-;;;;;/m1...../s1. The molecule has 1 fully saturated rings. The van der Waals surface area contributed by atoms with Crippen LogP contribution in [0.15, 0.2) is 12.2 Å². The molecule has 0 radical (unpaired) electrons. The maximum Gasteiger partial charge on any atom is 2.00 e. The molecule has 0 bridgehead atoms. The maximum absolute atomic E-state index is 15.2. The Balaban J connectivity index is -0.00000528. The van der Waals surface area contributed by atoms with Gasteiger partial charge in [-0.2, -0.15) is 0 Å². The van der Waals surface area contributed by atoms with Crippen LogP contribution in [-0.2, 0) is 83.3 Å². The molecule has 546 valence electrons. The normalized spacial score (nSPS) is 24.9. The number of carbonyl (C=O) groups excluding carboxylic acids is 11. The Morgan fingerprint density at radius 2 is 0.979 bits per heavy atom. The number of allylic oxidation sites excluding steroid dienone is 2. The van der Waals surface area contributed by atoms with Crippen LogP contribution in [0, 0.1) is 49.5 Å². The van der Waals surface area contributed by atoms with Crippen LogP contribution >= 0.6 is 0 Å². The minimum Gasteiger partial charge on any atom is -0.469 e. The van der Waals surface area contributed by atoms with Gasteiger partial charge in [0.2, 0.25) is 59.1 Å². The number of nitrogens with zero attached hydrogens (tertiary/aromatic N) is 7. The summed E-state index contributed by atoms with van der Waals surface area (Å²) in [5.41, 5.74) is -1.14. The fourth-order valence-corrected chi connectivity index (χ4v) is 10.8. The van der Waals surface area contributed by atoms with E-state index in [0.29, 0.717) is 6.42 Å². The van der Waals surface area contributed by atoms with Gasteiger partial charge in [0.15, 0.2) is 0 Å². The summed E-state index contributed by atoms with van der Waals surface area (Å²) in [5.74, 6) is -10.4. The average molecular weight is 1510 g/mol. The number of aliphatic hydroxyl groups excluding tert-OH is 1. The molecular formula is C68H129N11O14W. The summed E-state index contributed by atoms with van der Waals surface area (Å²) >= 11 is 0. The van der Waals surface area contributed by atoms with Crippen molar-refractivity contribution in [3.8, 4) is 0 Å². The largest absolute Gasteiger partial charge is 2.00 e. The number of carbonyl (C=O) groups is 11. The second-order valence-corrected chi connectivity index (χ2v) is 26.8. The van der Waals surface area contributed by atoms with Gasteiger partial charge in [-0.1, -0.05) is 118 Å². The summed E-state index contributed by atoms with van der Waals surface area (Å²) in [6, 6.07) is -12.9. The summed E-state index contributed by atoms with van der Waals surface area (Å²) in [6.45, 7) is 30.1. The van der Waals surface area contributed by atoms with Crippen LogP contribution in [0.25, 0.3) is 0 Å². The zero-order valence-corrected chi connectivity index (χ0v) is 62.7. The Bertz CT molecular complexity index is 2440. The van der Waals surface area contributed by atoms with Crippen LogP contribution in [0.3, 0.4) is 0 Å². The van der Waals surface area contributed by atoms with E-state index in [4.69, 9.17) is 9.47 Å². The predicted molar refractivity (Wildman–Crippen MR) is 367 cm³/mol. The van der Waals surface area contributed by atoms with Gasteiger partial charge in [0, 0.05) is 55.8 Å². The van der Waals surface area contributed by atoms with Crippen molar-refractivity contribution in [1.29, 1.82) is 0 Å². The summed E-state index contributed by atoms with van der Waals surface area (Å²) in [5, 5.41) is 23.0. The minimum atomic E-state index is -1.65. The van der Waals surface area contributed by atoms with E-state index in [1.54, 1.807) is 74.5 Å². The fraction of sp³-hybridized carbons (Fsp3) is 0.779. The number of rotatable bonds is 18. The van der Waals surface area contributed by atoms with Gasteiger partial charge >= 0.3 is 21.1 Å². The number of ether oxygens (including phenoxy) is 2. The van der Waals surface area contributed by atoms with Crippen LogP contribution < -0.4 is 21.3 Å². The first-order valence-corrected chi connectivity index (χ1v) is 31.4. The van der Waals surface area contributed by atoms with Crippen molar-refractivity contribution in [3.05, 3.63) is 26.1 Å². The van der Waals surface area contributed by atoms with Gasteiger partial charge in [-0.15, -0.1) is 0 Å². The minimum absolute atomic E-state index is 0. The molecule has 12 atom stereocenters. The monoisotopic (exact) mass is 1510 g/mol. The first-order chi connectivity index (χ1) is 41.1. The van der Waals surface area contributed by atoms with Crippen LogP contribution in [0.4, 0.5) is 0 Å². The number of hydrogen-bond donors (Lipinski definition) is 5. The second-order valence-electron chi connectivity index (χ2n) is 26.8. The first kappa shape index (κ1) is 97.0. The molecule has 5 N–H and O–H groups in total. The molecule has 1 aliphatic heterocycles. The molecule has 0 aliphatic carbocycles. The van der Waals surface area contributed by atoms with Crippen LogP contribution in [0.1, 0.15) is 179 Å². The molecule has 0 spiro atoms. The van der Waals surface area contributed by atoms with Crippen molar-refractivity contribution in [2.24, 2.45) is 35.5 Å². The summed E-state index contributed by atoms with van der Waals surface area (Å²) in [4.78, 5) is 169. The molecule has 94 heavy (non-hydrogen) atoms. The maximum atomic E-state index is 15.2. The first-order valence-electron chi connectivity index (χ1n) is 31.4. The van der Waals surface area contributed by atoms with Crippen LogP contribution in [0.5, 0.6) is 0 Å². The van der Waals surface area contributed by atoms with E-state index in [9.17, 15) is 48.3 Å². The molecule has 25 nitrogen and oxygen atoms in total. The van der Waals surface area contributed by atoms with Gasteiger partial charge in [-0.25, -0.2) is 6.54 Å². The van der Waals surface area contributed by atoms with E-state index >= 15 is 9.59 Å². The van der Waals surface area contributed by atoms with Crippen molar-refractivity contribution in [2.45, 2.75) is 251 Å². The third kappa shape index (κ3) is 27.8. The Morgan fingerprint density at radius 3 is 1.43 bits per heavy atom. The van der Waals surface area contributed by atoms with E-state index < -0.39 is 155 Å². The van der Waals surface area contributed by atoms with Crippen molar-refractivity contribution in [2.75, 3.05) is 63.2 Å². The Labute approximate surface area is 581 Å². The van der Waals surface area contributed by atoms with Gasteiger partial charge in [0.05, 0.1) is 11.7 Å². The number of nitrogens with one attached hydrogen (secondary N) is 4. The average Bonchev–Trinajstić information content (AvgIpc) is 0.809. The molecule has 11 amide bonds. The quantitative estimate of drug-likeness (QED) is 0.0641. The Morgan fingerprint density at radius 1 is 0.543 bits per heavy atom. The number of aliphatic hydroxyl groups is 1. The van der Waals surface area contributed by atoms with E-state index in [2.05, 4.69) is 21.3 Å². The third-order valence-electron chi connectivity index (χ3n) is 16.5. The third-order valence-corrected chi connectivity index (χ3v) is 16.5. The van der Waals surface area contributed by atoms with Gasteiger partial charge in [0.1, 0.15) is 73.1 Å². The molecule has 1 aliphatic rings. The molecule has 0 unspecified atom stereocenters. The van der Waals surface area contributed by atoms with Crippen molar-refractivity contribution < 1.29 is 88.4 Å². The van der Waals surface area contributed by atoms with E-state index in [1.807, 2.05) is 41.5 Å². The smallest absolute Gasteiger partial charge is 0.469 e. The summed E-state index contributed by atoms with van der Waals surface area (Å²) < 4.78 is 11.1. The zero-order chi connectivity index (χ0) is 69.0. The SMILES string of the molecule is C.C.C.C/C=C/C[C@@H](C)[C@@H](O)[C@H]1C(=O)N[C@@H](CC)C(=O)N(C)[CH-]C(=O)N(C)[C@@H](CC(C)(C)OCOC)C(=O)N[C@@H](C(C)C)C(=O)N(C)[C@@H](CC(C)C)C(=O)N[C@@H](C)C(=O)N[C@H](C)C(=O)N(C)[C@@H](CC(C)C)C(=O)N(C)[C@@H](CC(C)C)C(=O)N(C)[C@@H](C(C)C)C(=O)N1C.[CH3-].[W+2]. The van der Waals surface area contributed by atoms with Gasteiger partial charge in [-0.05, 0) is 109 Å². The van der Waals surface area contributed by atoms with Gasteiger partial charge in [0.25, 0.3) is 0 Å². The van der Waals surface area contributed by atoms with Gasteiger partial charge in [-0.3, -0.25) is 47.9 Å². The topological polar surface area (TPSA) is 297 Å². The summed E-state index contributed by atoms with van der Waals surface area (Å²) in [7, 11) is 11.1. The van der Waals surface area contributed by atoms with Crippen LogP contribution in [-0.4, -0.2) is 240 Å². The van der Waals surface area contributed by atoms with E-state index in [0.717, 1.165) is 21.2 Å². The fourth-order valence-electron chi connectivity index (χ4n) is 10.8. The number of hydrogen-bond acceptors (Lipinski definition) is 14. The number of likely N-dealkylation sites (N-methyl/N-ethyl adjacent to an activating group) is 7. The number of amides is 11.